The molecule has 1 fully saturated rings. The lowest BCUT2D eigenvalue weighted by atomic mass is 10.2. The minimum Gasteiger partial charge on any atom is -0.318 e. The molecule has 0 saturated carbocycles. The molecular formula is C22H16BrClN2O2S. The molecule has 0 unspecified atom stereocenters. The van der Waals surface area contributed by atoms with E-state index in [0.717, 1.165) is 38.9 Å². The van der Waals surface area contributed by atoms with E-state index in [-0.39, 0.29) is 11.1 Å². The lowest BCUT2D eigenvalue weighted by Gasteiger charge is -2.12. The second kappa shape index (κ2) is 7.86. The summed E-state index contributed by atoms with van der Waals surface area (Å²) < 4.78 is 3.12. The van der Waals surface area contributed by atoms with Crippen LogP contribution in [0.4, 0.5) is 10.5 Å². The number of anilines is 1. The van der Waals surface area contributed by atoms with Crippen molar-refractivity contribution in [2.24, 2.45) is 0 Å². The van der Waals surface area contributed by atoms with Crippen LogP contribution in [-0.2, 0) is 4.79 Å². The summed E-state index contributed by atoms with van der Waals surface area (Å²) in [5.74, 6) is -0.324. The van der Waals surface area contributed by atoms with Gasteiger partial charge in [0.1, 0.15) is 0 Å². The summed E-state index contributed by atoms with van der Waals surface area (Å²) in [6.07, 6.45) is 1.79. The van der Waals surface area contributed by atoms with Gasteiger partial charge in [0.25, 0.3) is 11.1 Å². The van der Waals surface area contributed by atoms with Gasteiger partial charge in [0.05, 0.1) is 10.6 Å². The molecule has 0 atom stereocenters. The van der Waals surface area contributed by atoms with Crippen LogP contribution in [0, 0.1) is 13.8 Å². The molecular weight excluding hydrogens is 472 g/mol. The van der Waals surface area contributed by atoms with Crippen molar-refractivity contribution in [2.75, 3.05) is 4.90 Å². The number of aryl methyl sites for hydroxylation is 1. The SMILES string of the molecule is Cc1cc(/C=C2/SC(=O)N(c3ccc(Cl)cc3)C2=O)c(C)n1-c1cccc(Br)c1. The number of carbonyl (C=O) groups excluding carboxylic acids is 2. The van der Waals surface area contributed by atoms with Crippen molar-refractivity contribution < 1.29 is 9.59 Å². The first-order valence-electron chi connectivity index (χ1n) is 8.83. The quantitative estimate of drug-likeness (QED) is 0.384. The van der Waals surface area contributed by atoms with Crippen molar-refractivity contribution in [1.29, 1.82) is 0 Å². The van der Waals surface area contributed by atoms with E-state index in [1.54, 1.807) is 30.3 Å². The third kappa shape index (κ3) is 3.80. The molecule has 1 saturated heterocycles. The summed E-state index contributed by atoms with van der Waals surface area (Å²) >= 11 is 10.4. The molecule has 0 radical (unpaired) electrons. The van der Waals surface area contributed by atoms with Crippen molar-refractivity contribution >= 4 is 62.2 Å². The number of rotatable bonds is 3. The number of carbonyl (C=O) groups is 2. The van der Waals surface area contributed by atoms with Crippen molar-refractivity contribution in [2.45, 2.75) is 13.8 Å². The first-order valence-corrected chi connectivity index (χ1v) is 10.8. The molecule has 1 aliphatic rings. The predicted octanol–water partition coefficient (Wildman–Crippen LogP) is 6.75. The summed E-state index contributed by atoms with van der Waals surface area (Å²) in [4.78, 5) is 26.9. The van der Waals surface area contributed by atoms with Crippen LogP contribution in [0.25, 0.3) is 11.8 Å². The van der Waals surface area contributed by atoms with E-state index < -0.39 is 0 Å². The molecule has 0 N–H and O–H groups in total. The van der Waals surface area contributed by atoms with Crippen LogP contribution in [0.5, 0.6) is 0 Å². The molecule has 3 aromatic rings. The van der Waals surface area contributed by atoms with E-state index in [4.69, 9.17) is 11.6 Å². The molecule has 7 heteroatoms. The van der Waals surface area contributed by atoms with E-state index >= 15 is 0 Å². The van der Waals surface area contributed by atoms with Crippen LogP contribution in [0.1, 0.15) is 17.0 Å². The van der Waals surface area contributed by atoms with Crippen LogP contribution >= 0.6 is 39.3 Å². The summed E-state index contributed by atoms with van der Waals surface area (Å²) in [5, 5.41) is 0.237. The molecule has 29 heavy (non-hydrogen) atoms. The fourth-order valence-corrected chi connectivity index (χ4v) is 4.71. The van der Waals surface area contributed by atoms with Crippen LogP contribution < -0.4 is 4.90 Å². The topological polar surface area (TPSA) is 42.3 Å². The molecule has 2 amide bonds. The Balaban J connectivity index is 1.70. The number of halogens is 2. The van der Waals surface area contributed by atoms with Crippen LogP contribution in [-0.4, -0.2) is 15.7 Å². The van der Waals surface area contributed by atoms with Gasteiger partial charge in [-0.05, 0) is 85.8 Å². The highest BCUT2D eigenvalue weighted by molar-refractivity contribution is 9.10. The zero-order valence-electron chi connectivity index (χ0n) is 15.6. The summed E-state index contributed by atoms with van der Waals surface area (Å²) in [5.41, 5.74) is 4.50. The standard InChI is InChI=1S/C22H16BrClN2O2S/c1-13-10-15(14(2)25(13)19-5-3-4-16(23)12-19)11-20-21(27)26(22(28)29-20)18-8-6-17(24)7-9-18/h3-12H,1-2H3/b20-11+. The number of aromatic nitrogens is 1. The minimum atomic E-state index is -0.324. The van der Waals surface area contributed by atoms with Crippen molar-refractivity contribution in [3.63, 3.8) is 0 Å². The molecule has 1 aromatic heterocycles. The number of thioether (sulfide) groups is 1. The first-order chi connectivity index (χ1) is 13.8. The second-order valence-corrected chi connectivity index (χ2v) is 8.98. The van der Waals surface area contributed by atoms with Gasteiger partial charge >= 0.3 is 0 Å². The van der Waals surface area contributed by atoms with Crippen molar-refractivity contribution in [3.05, 3.63) is 85.9 Å². The Hall–Kier alpha value is -2.28. The molecule has 2 aromatic carbocycles. The monoisotopic (exact) mass is 486 g/mol. The largest absolute Gasteiger partial charge is 0.318 e. The first kappa shape index (κ1) is 20.0. The van der Waals surface area contributed by atoms with Crippen LogP contribution in [0.3, 0.4) is 0 Å². The number of nitrogens with zero attached hydrogens (tertiary/aromatic N) is 2. The molecule has 146 valence electrons. The lowest BCUT2D eigenvalue weighted by Crippen LogP contribution is -2.27. The van der Waals surface area contributed by atoms with Gasteiger partial charge in [0.15, 0.2) is 0 Å². The summed E-state index contributed by atoms with van der Waals surface area (Å²) in [6.45, 7) is 4.02. The average Bonchev–Trinajstić information content (AvgIpc) is 3.11. The Morgan fingerprint density at radius 2 is 1.72 bits per heavy atom. The average molecular weight is 488 g/mol. The lowest BCUT2D eigenvalue weighted by molar-refractivity contribution is -0.113. The third-order valence-electron chi connectivity index (χ3n) is 4.70. The van der Waals surface area contributed by atoms with Gasteiger partial charge in [-0.2, -0.15) is 0 Å². The smallest absolute Gasteiger partial charge is 0.298 e. The van der Waals surface area contributed by atoms with Gasteiger partial charge in [-0.25, -0.2) is 4.90 Å². The second-order valence-electron chi connectivity index (χ2n) is 6.64. The van der Waals surface area contributed by atoms with Crippen molar-refractivity contribution in [3.8, 4) is 5.69 Å². The highest BCUT2D eigenvalue weighted by Crippen LogP contribution is 2.37. The van der Waals surface area contributed by atoms with Crippen molar-refractivity contribution in [1.82, 2.24) is 4.57 Å². The van der Waals surface area contributed by atoms with E-state index in [1.807, 2.05) is 44.2 Å². The number of amides is 2. The van der Waals surface area contributed by atoms with E-state index in [2.05, 4.69) is 20.5 Å². The maximum atomic E-state index is 12.9. The highest BCUT2D eigenvalue weighted by atomic mass is 79.9. The van der Waals surface area contributed by atoms with E-state index in [9.17, 15) is 9.59 Å². The molecule has 0 aliphatic carbocycles. The van der Waals surface area contributed by atoms with Gasteiger partial charge in [-0.3, -0.25) is 9.59 Å². The number of benzene rings is 2. The Kier molecular flexibility index (Phi) is 5.42. The zero-order chi connectivity index (χ0) is 20.7. The highest BCUT2D eigenvalue weighted by Gasteiger charge is 2.36. The van der Waals surface area contributed by atoms with Gasteiger partial charge < -0.3 is 4.57 Å². The number of hydrogen-bond donors (Lipinski definition) is 0. The molecule has 0 bridgehead atoms. The van der Waals surface area contributed by atoms with Gasteiger partial charge in [-0.1, -0.05) is 33.6 Å². The number of imide groups is 1. The Morgan fingerprint density at radius 1 is 1.00 bits per heavy atom. The van der Waals surface area contributed by atoms with E-state index in [1.165, 1.54) is 4.90 Å². The summed E-state index contributed by atoms with van der Waals surface area (Å²) in [6, 6.07) is 16.7. The number of hydrogen-bond acceptors (Lipinski definition) is 3. The summed E-state index contributed by atoms with van der Waals surface area (Å²) in [7, 11) is 0. The molecule has 4 rings (SSSR count). The van der Waals surface area contributed by atoms with Crippen LogP contribution in [0.2, 0.25) is 5.02 Å². The maximum Gasteiger partial charge on any atom is 0.298 e. The Bertz CT molecular complexity index is 1170. The zero-order valence-corrected chi connectivity index (χ0v) is 18.8. The maximum absolute atomic E-state index is 12.9. The fraction of sp³-hybridized carbons (Fsp3) is 0.0909. The molecule has 2 heterocycles. The third-order valence-corrected chi connectivity index (χ3v) is 6.32. The minimum absolute atomic E-state index is 0.315. The molecule has 1 aliphatic heterocycles. The van der Waals surface area contributed by atoms with Gasteiger partial charge in [0.2, 0.25) is 0 Å². The van der Waals surface area contributed by atoms with Gasteiger partial charge in [0, 0.05) is 26.6 Å². The fourth-order valence-electron chi connectivity index (χ4n) is 3.37. The molecule has 4 nitrogen and oxygen atoms in total. The Morgan fingerprint density at radius 3 is 2.41 bits per heavy atom. The van der Waals surface area contributed by atoms with E-state index in [0.29, 0.717) is 15.6 Å². The normalized spacial score (nSPS) is 15.6. The van der Waals surface area contributed by atoms with Crippen LogP contribution in [0.15, 0.2) is 64.0 Å². The van der Waals surface area contributed by atoms with Gasteiger partial charge in [-0.15, -0.1) is 0 Å². The predicted molar refractivity (Wildman–Crippen MR) is 123 cm³/mol. The molecule has 0 spiro atoms. The Labute approximate surface area is 186 Å².